The van der Waals surface area contributed by atoms with Crippen molar-refractivity contribution in [3.63, 3.8) is 0 Å². The number of aryl methyl sites for hydroxylation is 1. The Bertz CT molecular complexity index is 1220. The van der Waals surface area contributed by atoms with E-state index in [9.17, 15) is 4.79 Å². The molecule has 36 heavy (non-hydrogen) atoms. The number of hydrogen-bond donors (Lipinski definition) is 2. The van der Waals surface area contributed by atoms with Crippen LogP contribution in [0.4, 0.5) is 5.69 Å². The van der Waals surface area contributed by atoms with Crippen molar-refractivity contribution in [1.29, 1.82) is 0 Å². The van der Waals surface area contributed by atoms with Crippen LogP contribution >= 0.6 is 0 Å². The van der Waals surface area contributed by atoms with Crippen molar-refractivity contribution in [3.8, 4) is 5.75 Å². The lowest BCUT2D eigenvalue weighted by Gasteiger charge is -2.40. The number of rotatable bonds is 6. The fraction of sp³-hybridized carbons (Fsp3) is 0.483. The number of carboxylic acids is 1. The van der Waals surface area contributed by atoms with Crippen molar-refractivity contribution in [2.24, 2.45) is 5.41 Å². The maximum absolute atomic E-state index is 10.8. The minimum Gasteiger partial charge on any atom is -0.496 e. The molecule has 1 aromatic heterocycles. The highest BCUT2D eigenvalue weighted by molar-refractivity contribution is 5.89. The van der Waals surface area contributed by atoms with Gasteiger partial charge < -0.3 is 24.5 Å². The smallest absolute Gasteiger partial charge is 0.335 e. The van der Waals surface area contributed by atoms with Crippen LogP contribution < -0.4 is 9.64 Å². The Balaban J connectivity index is 0.000000157. The summed E-state index contributed by atoms with van der Waals surface area (Å²) >= 11 is 0. The molecule has 0 bridgehead atoms. The molecule has 3 aliphatic rings. The summed E-state index contributed by atoms with van der Waals surface area (Å²) < 4.78 is 10.8. The summed E-state index contributed by atoms with van der Waals surface area (Å²) in [6.45, 7) is 7.29. The summed E-state index contributed by atoms with van der Waals surface area (Å²) in [7, 11) is 3.47. The summed E-state index contributed by atoms with van der Waals surface area (Å²) in [5.74, 6) is 0.145. The van der Waals surface area contributed by atoms with Gasteiger partial charge in [0.05, 0.1) is 18.8 Å². The number of carbonyl (C=O) groups is 1. The number of nitrogens with one attached hydrogen (secondary N) is 1. The molecule has 2 saturated heterocycles. The molecule has 0 amide bonds. The van der Waals surface area contributed by atoms with Crippen LogP contribution in [0.2, 0.25) is 0 Å². The Morgan fingerprint density at radius 2 is 1.86 bits per heavy atom. The zero-order valence-corrected chi connectivity index (χ0v) is 21.5. The molecule has 2 aromatic carbocycles. The Labute approximate surface area is 213 Å². The van der Waals surface area contributed by atoms with E-state index in [1.54, 1.807) is 32.4 Å². The molecular formula is C29H37N3O4. The third-order valence-corrected chi connectivity index (χ3v) is 8.23. The number of fused-ring (bicyclic) bond motifs is 1. The van der Waals surface area contributed by atoms with E-state index in [1.165, 1.54) is 60.8 Å². The van der Waals surface area contributed by atoms with Crippen molar-refractivity contribution in [1.82, 2.24) is 9.88 Å². The van der Waals surface area contributed by atoms with Crippen LogP contribution in [0.25, 0.3) is 10.9 Å². The van der Waals surface area contributed by atoms with Crippen LogP contribution in [0.5, 0.6) is 5.75 Å². The molecule has 192 valence electrons. The highest BCUT2D eigenvalue weighted by Gasteiger charge is 2.44. The zero-order chi connectivity index (χ0) is 25.3. The fourth-order valence-electron chi connectivity index (χ4n) is 5.50. The first-order chi connectivity index (χ1) is 17.4. The van der Waals surface area contributed by atoms with Gasteiger partial charge in [-0.1, -0.05) is 6.07 Å². The molecule has 1 aliphatic carbocycles. The molecule has 3 fully saturated rings. The van der Waals surface area contributed by atoms with Gasteiger partial charge in [-0.25, -0.2) is 4.79 Å². The van der Waals surface area contributed by atoms with Gasteiger partial charge in [-0.2, -0.15) is 0 Å². The Kier molecular flexibility index (Phi) is 6.95. The number of carboxylic acid groups (broad SMARTS) is 1. The molecule has 7 heteroatoms. The van der Waals surface area contributed by atoms with Gasteiger partial charge in [0.1, 0.15) is 5.75 Å². The van der Waals surface area contributed by atoms with Crippen molar-refractivity contribution in [2.75, 3.05) is 45.3 Å². The Hall–Kier alpha value is -3.03. The lowest BCUT2D eigenvalue weighted by molar-refractivity contribution is 0.0696. The monoisotopic (exact) mass is 491 g/mol. The van der Waals surface area contributed by atoms with Crippen LogP contribution in [-0.4, -0.2) is 67.5 Å². The number of nitrogens with zero attached hydrogens (tertiary/aromatic N) is 2. The van der Waals surface area contributed by atoms with Gasteiger partial charge in [0.15, 0.2) is 0 Å². The quantitative estimate of drug-likeness (QED) is 0.501. The molecule has 2 aliphatic heterocycles. The van der Waals surface area contributed by atoms with E-state index in [2.05, 4.69) is 33.8 Å². The van der Waals surface area contributed by atoms with Crippen LogP contribution in [0.15, 0.2) is 42.6 Å². The largest absolute Gasteiger partial charge is 0.496 e. The lowest BCUT2D eigenvalue weighted by atomic mass is 9.93. The van der Waals surface area contributed by atoms with E-state index in [-0.39, 0.29) is 6.10 Å². The summed E-state index contributed by atoms with van der Waals surface area (Å²) in [5, 5.41) is 10.2. The molecule has 7 nitrogen and oxygen atoms in total. The second-order valence-electron chi connectivity index (χ2n) is 10.5. The third kappa shape index (κ3) is 5.08. The molecule has 0 atom stereocenters. The number of piperidine rings is 1. The summed E-state index contributed by atoms with van der Waals surface area (Å²) in [4.78, 5) is 18.8. The van der Waals surface area contributed by atoms with Crippen molar-refractivity contribution in [3.05, 3.63) is 59.3 Å². The number of aromatic amines is 1. The second kappa shape index (κ2) is 10.1. The molecule has 0 radical (unpaired) electrons. The van der Waals surface area contributed by atoms with E-state index in [0.717, 1.165) is 36.5 Å². The van der Waals surface area contributed by atoms with Crippen molar-refractivity contribution in [2.45, 2.75) is 45.3 Å². The number of hydrogen-bond acceptors (Lipinski definition) is 5. The molecule has 3 aromatic rings. The lowest BCUT2D eigenvalue weighted by Crippen LogP contribution is -2.51. The molecule has 2 N–H and O–H groups in total. The Morgan fingerprint density at radius 1 is 1.11 bits per heavy atom. The number of benzene rings is 2. The van der Waals surface area contributed by atoms with Crippen LogP contribution in [-0.2, 0) is 11.3 Å². The van der Waals surface area contributed by atoms with E-state index in [4.69, 9.17) is 14.6 Å². The minimum absolute atomic E-state index is 0.276. The van der Waals surface area contributed by atoms with Crippen LogP contribution in [0, 0.1) is 12.3 Å². The number of aromatic nitrogens is 1. The van der Waals surface area contributed by atoms with Crippen LogP contribution in [0.1, 0.15) is 47.2 Å². The number of aromatic carboxylic acids is 1. The average molecular weight is 492 g/mol. The van der Waals surface area contributed by atoms with Gasteiger partial charge in [-0.15, -0.1) is 0 Å². The SMILES string of the molecule is COC1CN(c2cccc(C(=O)O)c2)C1.COc1cc(C)c2[nH]ccc2c1CN1CCC2(CC1)CC2. The topological polar surface area (TPSA) is 78.0 Å². The number of ether oxygens (including phenoxy) is 2. The highest BCUT2D eigenvalue weighted by Crippen LogP contribution is 2.53. The number of H-pyrrole nitrogens is 1. The van der Waals surface area contributed by atoms with Gasteiger partial charge in [0.2, 0.25) is 0 Å². The maximum Gasteiger partial charge on any atom is 0.335 e. The van der Waals surface area contributed by atoms with E-state index in [0.29, 0.717) is 5.56 Å². The van der Waals surface area contributed by atoms with Gasteiger partial charge >= 0.3 is 5.97 Å². The first-order valence-corrected chi connectivity index (χ1v) is 12.9. The van der Waals surface area contributed by atoms with E-state index in [1.807, 2.05) is 12.3 Å². The standard InChI is InChI=1S/C18H24N2O.C11H13NO3/c1-13-11-16(21-2)15(14-3-8-19-17(13)14)12-20-9-6-18(4-5-18)7-10-20;1-15-10-6-12(7-10)9-4-2-3-8(5-9)11(13)14/h3,8,11,19H,4-7,9-10,12H2,1-2H3;2-5,10H,6-7H2,1H3,(H,13,14). The van der Waals surface area contributed by atoms with Gasteiger partial charge in [0.25, 0.3) is 0 Å². The molecular weight excluding hydrogens is 454 g/mol. The van der Waals surface area contributed by atoms with Gasteiger partial charge in [0, 0.05) is 55.1 Å². The summed E-state index contributed by atoms with van der Waals surface area (Å²) in [6.07, 6.45) is 8.02. The summed E-state index contributed by atoms with van der Waals surface area (Å²) in [5.41, 5.74) is 5.87. The van der Waals surface area contributed by atoms with Gasteiger partial charge in [-0.05, 0) is 87.0 Å². The number of likely N-dealkylation sites (tertiary alicyclic amines) is 1. The Morgan fingerprint density at radius 3 is 2.50 bits per heavy atom. The van der Waals surface area contributed by atoms with Gasteiger partial charge in [-0.3, -0.25) is 4.90 Å². The molecule has 1 saturated carbocycles. The average Bonchev–Trinajstić information content (AvgIpc) is 3.42. The zero-order valence-electron chi connectivity index (χ0n) is 21.5. The first kappa shape index (κ1) is 24.7. The molecule has 3 heterocycles. The number of anilines is 1. The van der Waals surface area contributed by atoms with Crippen LogP contribution in [0.3, 0.4) is 0 Å². The molecule has 1 spiro atoms. The fourth-order valence-corrected chi connectivity index (χ4v) is 5.50. The molecule has 0 unspecified atom stereocenters. The first-order valence-electron chi connectivity index (χ1n) is 12.9. The maximum atomic E-state index is 10.8. The molecule has 6 rings (SSSR count). The number of methoxy groups -OCH3 is 2. The van der Waals surface area contributed by atoms with Crippen molar-refractivity contribution >= 4 is 22.6 Å². The van der Waals surface area contributed by atoms with Crippen molar-refractivity contribution < 1.29 is 19.4 Å². The second-order valence-corrected chi connectivity index (χ2v) is 10.5. The van der Waals surface area contributed by atoms with E-state index < -0.39 is 5.97 Å². The van der Waals surface area contributed by atoms with E-state index >= 15 is 0 Å². The minimum atomic E-state index is -0.888. The highest BCUT2D eigenvalue weighted by atomic mass is 16.5. The third-order valence-electron chi connectivity index (χ3n) is 8.23. The predicted octanol–water partition coefficient (Wildman–Crippen LogP) is 5.08. The summed E-state index contributed by atoms with van der Waals surface area (Å²) in [6, 6.07) is 11.3. The predicted molar refractivity (Wildman–Crippen MR) is 142 cm³/mol. The normalized spacial score (nSPS) is 19.0.